The summed E-state index contributed by atoms with van der Waals surface area (Å²) in [4.78, 5) is 0. The van der Waals surface area contributed by atoms with Gasteiger partial charge in [-0.05, 0) is 49.8 Å². The number of hydrogen-bond donors (Lipinski definition) is 0. The van der Waals surface area contributed by atoms with E-state index in [9.17, 15) is 0 Å². The van der Waals surface area contributed by atoms with E-state index in [0.29, 0.717) is 16.5 Å². The highest BCUT2D eigenvalue weighted by Crippen LogP contribution is 2.31. The monoisotopic (exact) mass is 285 g/mol. The summed E-state index contributed by atoms with van der Waals surface area (Å²) < 4.78 is 0. The van der Waals surface area contributed by atoms with Crippen molar-refractivity contribution in [2.75, 3.05) is 0 Å². The van der Waals surface area contributed by atoms with Crippen LogP contribution in [0.25, 0.3) is 0 Å². The van der Waals surface area contributed by atoms with Crippen LogP contribution in [0, 0.1) is 35.0 Å². The lowest BCUT2D eigenvalue weighted by molar-refractivity contribution is 0.300. The van der Waals surface area contributed by atoms with Crippen molar-refractivity contribution >= 4 is 11.6 Å². The second-order valence-electron chi connectivity index (χ2n) is 5.58. The molecule has 1 aliphatic rings. The quantitative estimate of drug-likeness (QED) is 0.688. The van der Waals surface area contributed by atoms with Crippen LogP contribution in [0.3, 0.4) is 0 Å². The number of benzene rings is 1. The fourth-order valence-electron chi connectivity index (χ4n) is 2.87. The van der Waals surface area contributed by atoms with Crippen molar-refractivity contribution in [3.8, 4) is 17.9 Å². The van der Waals surface area contributed by atoms with Gasteiger partial charge in [0.15, 0.2) is 0 Å². The Balaban J connectivity index is 1.95. The van der Waals surface area contributed by atoms with E-state index >= 15 is 0 Å². The van der Waals surface area contributed by atoms with E-state index < -0.39 is 0 Å². The van der Waals surface area contributed by atoms with Crippen LogP contribution in [0.15, 0.2) is 18.2 Å². The molecule has 1 aliphatic carbocycles. The van der Waals surface area contributed by atoms with Crippen molar-refractivity contribution in [2.24, 2.45) is 11.8 Å². The molecule has 0 aromatic heterocycles. The molecule has 104 valence electrons. The number of nitrogens with zero attached hydrogens (tertiary/aromatic N) is 1. The van der Waals surface area contributed by atoms with E-state index in [2.05, 4.69) is 24.8 Å². The molecule has 0 N–H and O–H groups in total. The predicted octanol–water partition coefficient (Wildman–Crippen LogP) is 5.17. The summed E-state index contributed by atoms with van der Waals surface area (Å²) in [5, 5.41) is 9.33. The standard InChI is InChI=1S/C18H20ClN/c1-2-3-14-4-6-15(7-5-14)8-9-16-10-11-17(13-20)18(19)12-16/h10-12,14-15H,2-7H2,1H3/t14-,15-. The lowest BCUT2D eigenvalue weighted by atomic mass is 9.80. The molecule has 0 unspecified atom stereocenters. The molecule has 0 spiro atoms. The van der Waals surface area contributed by atoms with Crippen molar-refractivity contribution < 1.29 is 0 Å². The number of halogens is 1. The van der Waals surface area contributed by atoms with E-state index in [-0.39, 0.29) is 0 Å². The topological polar surface area (TPSA) is 23.8 Å². The molecule has 0 bridgehead atoms. The van der Waals surface area contributed by atoms with Gasteiger partial charge in [0.1, 0.15) is 6.07 Å². The lowest BCUT2D eigenvalue weighted by Crippen LogP contribution is -2.13. The van der Waals surface area contributed by atoms with Crippen LogP contribution >= 0.6 is 11.6 Å². The molecule has 0 amide bonds. The zero-order valence-corrected chi connectivity index (χ0v) is 12.7. The molecule has 0 atom stereocenters. The zero-order chi connectivity index (χ0) is 14.4. The highest BCUT2D eigenvalue weighted by molar-refractivity contribution is 6.31. The fourth-order valence-corrected chi connectivity index (χ4v) is 3.10. The molecule has 0 heterocycles. The van der Waals surface area contributed by atoms with E-state index in [1.54, 1.807) is 12.1 Å². The Morgan fingerprint density at radius 1 is 1.25 bits per heavy atom. The average Bonchev–Trinajstić information content (AvgIpc) is 2.47. The van der Waals surface area contributed by atoms with Gasteiger partial charge in [0.05, 0.1) is 10.6 Å². The van der Waals surface area contributed by atoms with Crippen LogP contribution in [-0.2, 0) is 0 Å². The third kappa shape index (κ3) is 4.03. The first-order chi connectivity index (χ1) is 9.72. The Labute approximate surface area is 126 Å². The first kappa shape index (κ1) is 15.0. The Bertz CT molecular complexity index is 551. The molecule has 2 heteroatoms. The SMILES string of the molecule is CCC[C@H]1CC[C@H](C#Cc2ccc(C#N)c(Cl)c2)CC1. The van der Waals surface area contributed by atoms with Crippen LogP contribution in [0.1, 0.15) is 56.6 Å². The third-order valence-electron chi connectivity index (χ3n) is 4.05. The fraction of sp³-hybridized carbons (Fsp3) is 0.500. The van der Waals surface area contributed by atoms with Crippen LogP contribution in [0.4, 0.5) is 0 Å². The van der Waals surface area contributed by atoms with E-state index in [4.69, 9.17) is 16.9 Å². The summed E-state index contributed by atoms with van der Waals surface area (Å²) in [7, 11) is 0. The predicted molar refractivity (Wildman–Crippen MR) is 83.4 cm³/mol. The minimum Gasteiger partial charge on any atom is -0.192 e. The maximum absolute atomic E-state index is 8.84. The van der Waals surface area contributed by atoms with Crippen molar-refractivity contribution in [1.29, 1.82) is 5.26 Å². The molecule has 20 heavy (non-hydrogen) atoms. The summed E-state index contributed by atoms with van der Waals surface area (Å²) in [6.07, 6.45) is 7.75. The average molecular weight is 286 g/mol. The van der Waals surface area contributed by atoms with Crippen molar-refractivity contribution in [1.82, 2.24) is 0 Å². The maximum atomic E-state index is 8.84. The van der Waals surface area contributed by atoms with Crippen LogP contribution in [-0.4, -0.2) is 0 Å². The summed E-state index contributed by atoms with van der Waals surface area (Å²) >= 11 is 6.01. The highest BCUT2D eigenvalue weighted by Gasteiger charge is 2.18. The van der Waals surface area contributed by atoms with Gasteiger partial charge in [0, 0.05) is 11.5 Å². The molecule has 2 rings (SSSR count). The van der Waals surface area contributed by atoms with Gasteiger partial charge in [0.25, 0.3) is 0 Å². The molecule has 1 nitrogen and oxygen atoms in total. The van der Waals surface area contributed by atoms with Gasteiger partial charge in [-0.15, -0.1) is 0 Å². The molecule has 1 aromatic carbocycles. The summed E-state index contributed by atoms with van der Waals surface area (Å²) in [5.41, 5.74) is 1.42. The van der Waals surface area contributed by atoms with E-state index in [1.165, 1.54) is 38.5 Å². The maximum Gasteiger partial charge on any atom is 0.101 e. The molecular formula is C18H20ClN. The number of nitriles is 1. The second kappa shape index (κ2) is 7.37. The Hall–Kier alpha value is -1.44. The van der Waals surface area contributed by atoms with Gasteiger partial charge in [-0.25, -0.2) is 0 Å². The zero-order valence-electron chi connectivity index (χ0n) is 12.0. The Kier molecular flexibility index (Phi) is 5.51. The molecule has 0 radical (unpaired) electrons. The van der Waals surface area contributed by atoms with Crippen LogP contribution < -0.4 is 0 Å². The van der Waals surface area contributed by atoms with Gasteiger partial charge < -0.3 is 0 Å². The van der Waals surface area contributed by atoms with Gasteiger partial charge in [-0.1, -0.05) is 43.2 Å². The molecule has 0 saturated heterocycles. The summed E-state index contributed by atoms with van der Waals surface area (Å²) in [6, 6.07) is 7.47. The molecule has 0 aliphatic heterocycles. The van der Waals surface area contributed by atoms with Crippen LogP contribution in [0.2, 0.25) is 5.02 Å². The largest absolute Gasteiger partial charge is 0.192 e. The molecule has 1 aromatic rings. The summed E-state index contributed by atoms with van der Waals surface area (Å²) in [6.45, 7) is 2.26. The first-order valence-electron chi connectivity index (χ1n) is 7.44. The molecular weight excluding hydrogens is 266 g/mol. The smallest absolute Gasteiger partial charge is 0.101 e. The van der Waals surface area contributed by atoms with Gasteiger partial charge in [-0.3, -0.25) is 0 Å². The third-order valence-corrected chi connectivity index (χ3v) is 4.37. The second-order valence-corrected chi connectivity index (χ2v) is 5.99. The molecule has 1 fully saturated rings. The lowest BCUT2D eigenvalue weighted by Gasteiger charge is -2.25. The van der Waals surface area contributed by atoms with E-state index in [1.807, 2.05) is 6.07 Å². The van der Waals surface area contributed by atoms with Crippen molar-refractivity contribution in [3.63, 3.8) is 0 Å². The van der Waals surface area contributed by atoms with Gasteiger partial charge >= 0.3 is 0 Å². The summed E-state index contributed by atoms with van der Waals surface area (Å²) in [5.74, 6) is 8.03. The normalized spacial score (nSPS) is 21.6. The minimum absolute atomic E-state index is 0.492. The van der Waals surface area contributed by atoms with Crippen molar-refractivity contribution in [3.05, 3.63) is 34.3 Å². The number of rotatable bonds is 2. The highest BCUT2D eigenvalue weighted by atomic mass is 35.5. The Morgan fingerprint density at radius 3 is 2.60 bits per heavy atom. The molecule has 1 saturated carbocycles. The van der Waals surface area contributed by atoms with Gasteiger partial charge in [-0.2, -0.15) is 5.26 Å². The Morgan fingerprint density at radius 2 is 2.00 bits per heavy atom. The van der Waals surface area contributed by atoms with Crippen LogP contribution in [0.5, 0.6) is 0 Å². The first-order valence-corrected chi connectivity index (χ1v) is 7.82. The van der Waals surface area contributed by atoms with Gasteiger partial charge in [0.2, 0.25) is 0 Å². The van der Waals surface area contributed by atoms with E-state index in [0.717, 1.165) is 11.5 Å². The number of hydrogen-bond acceptors (Lipinski definition) is 1. The van der Waals surface area contributed by atoms with Crippen molar-refractivity contribution in [2.45, 2.75) is 45.4 Å². The minimum atomic E-state index is 0.492.